The Balaban J connectivity index is 1.96. The van der Waals surface area contributed by atoms with Gasteiger partial charge in [-0.25, -0.2) is 0 Å². The zero-order valence-corrected chi connectivity index (χ0v) is 27.5. The summed E-state index contributed by atoms with van der Waals surface area (Å²) < 4.78 is 6.37. The lowest BCUT2D eigenvalue weighted by molar-refractivity contribution is 1.34. The molecule has 1 aliphatic rings. The van der Waals surface area contributed by atoms with Gasteiger partial charge < -0.3 is 0 Å². The summed E-state index contributed by atoms with van der Waals surface area (Å²) in [5.74, 6) is 0. The average Bonchev–Trinajstić information content (AvgIpc) is 3.35. The summed E-state index contributed by atoms with van der Waals surface area (Å²) in [6, 6.07) is 14.9. The topological polar surface area (TPSA) is 0 Å². The highest BCUT2D eigenvalue weighted by atomic mass is 32.1. The molecular formula is C31H39BS2Si2. The van der Waals surface area contributed by atoms with E-state index < -0.39 is 16.1 Å². The van der Waals surface area contributed by atoms with Crippen LogP contribution in [0.2, 0.25) is 39.3 Å². The Morgan fingerprint density at radius 1 is 0.500 bits per heavy atom. The molecule has 0 fully saturated rings. The zero-order chi connectivity index (χ0) is 26.3. The highest BCUT2D eigenvalue weighted by Gasteiger charge is 2.39. The summed E-state index contributed by atoms with van der Waals surface area (Å²) in [6.45, 7) is 26.7. The third kappa shape index (κ3) is 4.26. The minimum absolute atomic E-state index is 0.300. The number of thiophene rings is 2. The number of hydrogen-bond donors (Lipinski definition) is 0. The van der Waals surface area contributed by atoms with Gasteiger partial charge in [0.25, 0.3) is 6.71 Å². The van der Waals surface area contributed by atoms with Gasteiger partial charge in [0, 0.05) is 0 Å². The van der Waals surface area contributed by atoms with E-state index in [0.29, 0.717) is 6.71 Å². The third-order valence-corrected chi connectivity index (χ3v) is 17.3. The van der Waals surface area contributed by atoms with Gasteiger partial charge in [-0.05, 0) is 98.7 Å². The first-order valence-electron chi connectivity index (χ1n) is 13.1. The van der Waals surface area contributed by atoms with Crippen molar-refractivity contribution >= 4 is 69.6 Å². The summed E-state index contributed by atoms with van der Waals surface area (Å²) in [6.07, 6.45) is 0. The lowest BCUT2D eigenvalue weighted by Crippen LogP contribution is -2.53. The van der Waals surface area contributed by atoms with E-state index in [-0.39, 0.29) is 0 Å². The van der Waals surface area contributed by atoms with Gasteiger partial charge >= 0.3 is 0 Å². The standard InChI is InChI=1S/C31H39BS2Si2/c1-18-12-21(4)29(22(5)13-18)32-30-25(16-27(33-30)35(6,7)8)23-14-19(2)20(3)15-24(23)26-17-28(34-31(26)32)36(9,10)11/h12-17H,1-11H3. The fraction of sp³-hybridized carbons (Fsp3) is 0.355. The highest BCUT2D eigenvalue weighted by molar-refractivity contribution is 7.42. The van der Waals surface area contributed by atoms with Gasteiger partial charge in [0.15, 0.2) is 0 Å². The van der Waals surface area contributed by atoms with Crippen LogP contribution in [-0.4, -0.2) is 22.9 Å². The van der Waals surface area contributed by atoms with Crippen molar-refractivity contribution in [2.45, 2.75) is 73.9 Å². The minimum atomic E-state index is -1.47. The predicted octanol–water partition coefficient (Wildman–Crippen LogP) is 6.61. The molecule has 4 aromatic rings. The smallest absolute Gasteiger partial charge is 0.158 e. The predicted molar refractivity (Wildman–Crippen MR) is 174 cm³/mol. The average molecular weight is 543 g/mol. The Kier molecular flexibility index (Phi) is 6.27. The molecule has 1 aliphatic heterocycles. The normalized spacial score (nSPS) is 13.4. The summed E-state index contributed by atoms with van der Waals surface area (Å²) in [4.78, 5) is 0. The van der Waals surface area contributed by atoms with Gasteiger partial charge in [-0.1, -0.05) is 85.7 Å². The molecule has 0 bridgehead atoms. The Morgan fingerprint density at radius 3 is 1.25 bits per heavy atom. The minimum Gasteiger partial charge on any atom is -0.158 e. The molecule has 186 valence electrons. The van der Waals surface area contributed by atoms with E-state index in [9.17, 15) is 0 Å². The van der Waals surface area contributed by atoms with Crippen molar-refractivity contribution in [2.24, 2.45) is 0 Å². The Labute approximate surface area is 228 Å². The molecule has 5 rings (SSSR count). The second-order valence-electron chi connectivity index (χ2n) is 13.0. The Bertz CT molecular complexity index is 1400. The molecule has 0 amide bonds. The number of hydrogen-bond acceptors (Lipinski definition) is 2. The first-order chi connectivity index (χ1) is 16.7. The van der Waals surface area contributed by atoms with E-state index in [4.69, 9.17) is 0 Å². The van der Waals surface area contributed by atoms with E-state index in [1.165, 1.54) is 55.5 Å². The summed E-state index contributed by atoms with van der Waals surface area (Å²) >= 11 is 4.23. The van der Waals surface area contributed by atoms with Crippen LogP contribution in [0.4, 0.5) is 0 Å². The van der Waals surface area contributed by atoms with Crippen LogP contribution < -0.4 is 24.0 Å². The maximum Gasteiger partial charge on any atom is 0.268 e. The van der Waals surface area contributed by atoms with Crippen LogP contribution >= 0.6 is 22.7 Å². The molecule has 0 N–H and O–H groups in total. The first kappa shape index (κ1) is 26.0. The summed E-state index contributed by atoms with van der Waals surface area (Å²) in [5, 5.41) is 0. The van der Waals surface area contributed by atoms with E-state index in [0.717, 1.165) is 0 Å². The molecule has 2 aromatic heterocycles. The lowest BCUT2D eigenvalue weighted by atomic mass is 9.40. The van der Waals surface area contributed by atoms with Gasteiger partial charge in [0.1, 0.15) is 0 Å². The van der Waals surface area contributed by atoms with Gasteiger partial charge in [0.2, 0.25) is 0 Å². The second-order valence-corrected chi connectivity index (χ2v) is 26.0. The molecule has 0 aliphatic carbocycles. The van der Waals surface area contributed by atoms with Crippen LogP contribution in [0.5, 0.6) is 0 Å². The van der Waals surface area contributed by atoms with Crippen molar-refractivity contribution in [1.29, 1.82) is 0 Å². The molecule has 0 radical (unpaired) electrons. The van der Waals surface area contributed by atoms with Crippen LogP contribution in [0.25, 0.3) is 22.3 Å². The van der Waals surface area contributed by atoms with Crippen molar-refractivity contribution in [2.75, 3.05) is 0 Å². The lowest BCUT2D eigenvalue weighted by Gasteiger charge is -2.20. The van der Waals surface area contributed by atoms with Crippen LogP contribution in [0.3, 0.4) is 0 Å². The fourth-order valence-corrected chi connectivity index (χ4v) is 12.1. The number of fused-ring (bicyclic) bond motifs is 5. The van der Waals surface area contributed by atoms with E-state index in [2.05, 4.69) is 133 Å². The number of benzene rings is 2. The molecule has 36 heavy (non-hydrogen) atoms. The quantitative estimate of drug-likeness (QED) is 0.225. The zero-order valence-electron chi connectivity index (χ0n) is 23.9. The molecule has 0 atom stereocenters. The molecule has 0 unspecified atom stereocenters. The second kappa shape index (κ2) is 8.69. The fourth-order valence-electron chi connectivity index (χ4n) is 5.69. The Hall–Kier alpha value is -1.66. The van der Waals surface area contributed by atoms with Gasteiger partial charge in [-0.3, -0.25) is 0 Å². The van der Waals surface area contributed by atoms with Crippen molar-refractivity contribution in [3.63, 3.8) is 0 Å². The maximum absolute atomic E-state index is 2.58. The van der Waals surface area contributed by atoms with E-state index in [1.54, 1.807) is 18.6 Å². The molecule has 3 heterocycles. The van der Waals surface area contributed by atoms with Crippen LogP contribution in [0.1, 0.15) is 27.8 Å². The number of rotatable bonds is 3. The van der Waals surface area contributed by atoms with Crippen molar-refractivity contribution in [3.05, 3.63) is 64.2 Å². The third-order valence-electron chi connectivity index (χ3n) is 7.77. The Morgan fingerprint density at radius 2 is 0.889 bits per heavy atom. The van der Waals surface area contributed by atoms with E-state index >= 15 is 0 Å². The summed E-state index contributed by atoms with van der Waals surface area (Å²) in [7, 11) is -2.93. The van der Waals surface area contributed by atoms with E-state index in [1.807, 2.05) is 0 Å². The van der Waals surface area contributed by atoms with Crippen molar-refractivity contribution in [3.8, 4) is 22.3 Å². The maximum atomic E-state index is 2.58. The molecule has 2 aromatic carbocycles. The van der Waals surface area contributed by atoms with Gasteiger partial charge in [0.05, 0.1) is 16.1 Å². The molecule has 0 nitrogen and oxygen atoms in total. The SMILES string of the molecule is Cc1cc(C)c(B2c3sc([Si](C)(C)C)cc3-c3cc(C)c(C)cc3-c3cc([Si](C)(C)C)sc32)c(C)c1. The van der Waals surface area contributed by atoms with Crippen LogP contribution in [0.15, 0.2) is 36.4 Å². The summed E-state index contributed by atoms with van der Waals surface area (Å²) in [5.41, 5.74) is 14.4. The largest absolute Gasteiger partial charge is 0.268 e. The molecule has 5 heteroatoms. The van der Waals surface area contributed by atoms with Crippen LogP contribution in [0, 0.1) is 34.6 Å². The molecule has 0 saturated carbocycles. The van der Waals surface area contributed by atoms with Crippen molar-refractivity contribution < 1.29 is 0 Å². The van der Waals surface area contributed by atoms with Gasteiger partial charge in [-0.2, -0.15) is 22.7 Å². The van der Waals surface area contributed by atoms with Crippen LogP contribution in [-0.2, 0) is 0 Å². The molecular weight excluding hydrogens is 503 g/mol. The highest BCUT2D eigenvalue weighted by Crippen LogP contribution is 2.38. The molecule has 0 saturated heterocycles. The van der Waals surface area contributed by atoms with Crippen molar-refractivity contribution in [1.82, 2.24) is 0 Å². The number of aryl methyl sites for hydroxylation is 5. The molecule has 0 spiro atoms. The first-order valence-corrected chi connectivity index (χ1v) is 21.8. The monoisotopic (exact) mass is 542 g/mol. The van der Waals surface area contributed by atoms with Gasteiger partial charge in [-0.15, -0.1) is 0 Å².